The maximum absolute atomic E-state index is 13.8. The lowest BCUT2D eigenvalue weighted by Crippen LogP contribution is -2.41. The van der Waals surface area contributed by atoms with E-state index in [4.69, 9.17) is 15.2 Å². The molecule has 5 nitrogen and oxygen atoms in total. The highest BCUT2D eigenvalue weighted by molar-refractivity contribution is 5.98. The van der Waals surface area contributed by atoms with Crippen LogP contribution in [0.3, 0.4) is 0 Å². The zero-order chi connectivity index (χ0) is 26.0. The zero-order valence-electron chi connectivity index (χ0n) is 23.0. The van der Waals surface area contributed by atoms with Gasteiger partial charge in [-0.1, -0.05) is 129 Å². The van der Waals surface area contributed by atoms with Crippen LogP contribution in [0.5, 0.6) is 0 Å². The van der Waals surface area contributed by atoms with Gasteiger partial charge in [-0.05, 0) is 12.8 Å². The number of esters is 2. The summed E-state index contributed by atoms with van der Waals surface area (Å²) in [4.78, 5) is 23.8. The molecule has 0 bridgehead atoms. The van der Waals surface area contributed by atoms with Gasteiger partial charge in [0.1, 0.15) is 6.17 Å². The van der Waals surface area contributed by atoms with Crippen LogP contribution in [0.2, 0.25) is 0 Å². The normalized spacial score (nSPS) is 12.9. The van der Waals surface area contributed by atoms with Gasteiger partial charge in [0.05, 0.1) is 13.2 Å². The number of hydrogen-bond donors (Lipinski definition) is 1. The number of unbranched alkanes of at least 4 members (excludes halogenated alkanes) is 17. The lowest BCUT2D eigenvalue weighted by atomic mass is 10.0. The molecule has 2 N–H and O–H groups in total. The monoisotopic (exact) mass is 501 g/mol. The first-order chi connectivity index (χ1) is 17.0. The largest absolute Gasteiger partial charge is 0.464 e. The Hall–Kier alpha value is -1.17. The van der Waals surface area contributed by atoms with Gasteiger partial charge in [0.15, 0.2) is 0 Å². The molecule has 0 aliphatic carbocycles. The van der Waals surface area contributed by atoms with Gasteiger partial charge in [-0.15, -0.1) is 0 Å². The highest BCUT2D eigenvalue weighted by Crippen LogP contribution is 2.14. The van der Waals surface area contributed by atoms with Crippen molar-refractivity contribution in [2.45, 2.75) is 161 Å². The molecule has 0 aliphatic heterocycles. The molecule has 35 heavy (non-hydrogen) atoms. The molecule has 2 atom stereocenters. The number of ether oxygens (including phenoxy) is 2. The number of nitrogens with two attached hydrogens (primary N) is 1. The van der Waals surface area contributed by atoms with Crippen molar-refractivity contribution in [1.82, 2.24) is 0 Å². The third-order valence-electron chi connectivity index (χ3n) is 6.55. The number of alkyl halides is 1. The minimum Gasteiger partial charge on any atom is -0.464 e. The molecule has 0 saturated heterocycles. The van der Waals surface area contributed by atoms with E-state index in [0.29, 0.717) is 6.42 Å². The van der Waals surface area contributed by atoms with Gasteiger partial charge in [-0.25, -0.2) is 14.0 Å². The Bertz CT molecular complexity index is 489. The smallest absolute Gasteiger partial charge is 0.334 e. The molecule has 0 aliphatic rings. The summed E-state index contributed by atoms with van der Waals surface area (Å²) >= 11 is 0. The first kappa shape index (κ1) is 33.8. The van der Waals surface area contributed by atoms with Crippen LogP contribution < -0.4 is 5.73 Å². The summed E-state index contributed by atoms with van der Waals surface area (Å²) in [6.45, 7) is 4.61. The average molecular weight is 502 g/mol. The number of hydrogen-bond acceptors (Lipinski definition) is 5. The lowest BCUT2D eigenvalue weighted by molar-refractivity contribution is -0.157. The van der Waals surface area contributed by atoms with E-state index in [1.807, 2.05) is 0 Å². The van der Waals surface area contributed by atoms with Gasteiger partial charge in [0.2, 0.25) is 6.04 Å². The zero-order valence-corrected chi connectivity index (χ0v) is 23.0. The molecular formula is C29H56FNO4. The molecule has 0 saturated carbocycles. The fraction of sp³-hybridized carbons (Fsp3) is 0.931. The quantitative estimate of drug-likeness (QED) is 0.0738. The second-order valence-corrected chi connectivity index (χ2v) is 10.00. The van der Waals surface area contributed by atoms with E-state index in [9.17, 15) is 14.0 Å². The summed E-state index contributed by atoms with van der Waals surface area (Å²) in [5, 5.41) is 0. The second kappa shape index (κ2) is 25.9. The number of halogens is 1. The standard InChI is InChI=1S/C29H56FNO4/c1-3-5-7-9-10-11-12-13-14-15-16-17-19-21-24-34-28(32)27(31)29(33)35-25-23-26(30)22-20-18-8-6-4-2/h26-27H,3-25,31H2,1-2H3. The van der Waals surface area contributed by atoms with Crippen molar-refractivity contribution in [2.75, 3.05) is 13.2 Å². The van der Waals surface area contributed by atoms with Crippen LogP contribution >= 0.6 is 0 Å². The summed E-state index contributed by atoms with van der Waals surface area (Å²) in [7, 11) is 0. The Balaban J connectivity index is 3.53. The molecule has 208 valence electrons. The van der Waals surface area contributed by atoms with E-state index in [0.717, 1.165) is 44.9 Å². The van der Waals surface area contributed by atoms with Gasteiger partial charge >= 0.3 is 11.9 Å². The third kappa shape index (κ3) is 23.0. The Kier molecular flexibility index (Phi) is 25.0. The third-order valence-corrected chi connectivity index (χ3v) is 6.55. The predicted octanol–water partition coefficient (Wildman–Crippen LogP) is 7.97. The second-order valence-electron chi connectivity index (χ2n) is 10.00. The van der Waals surface area contributed by atoms with Crippen LogP contribution in [0.4, 0.5) is 4.39 Å². The van der Waals surface area contributed by atoms with E-state index in [1.54, 1.807) is 0 Å². The van der Waals surface area contributed by atoms with E-state index in [1.165, 1.54) is 77.0 Å². The molecule has 0 amide bonds. The summed E-state index contributed by atoms with van der Waals surface area (Å²) in [6.07, 6.45) is 22.6. The maximum atomic E-state index is 13.8. The topological polar surface area (TPSA) is 78.6 Å². The van der Waals surface area contributed by atoms with Crippen molar-refractivity contribution in [3.8, 4) is 0 Å². The van der Waals surface area contributed by atoms with Crippen LogP contribution in [-0.4, -0.2) is 37.4 Å². The van der Waals surface area contributed by atoms with Crippen LogP contribution in [0, 0.1) is 0 Å². The molecule has 0 spiro atoms. The number of rotatable bonds is 26. The van der Waals surface area contributed by atoms with Crippen molar-refractivity contribution in [2.24, 2.45) is 5.73 Å². The Morgan fingerprint density at radius 1 is 0.571 bits per heavy atom. The molecule has 6 heteroatoms. The Morgan fingerprint density at radius 3 is 1.40 bits per heavy atom. The number of carbonyl (C=O) groups is 2. The van der Waals surface area contributed by atoms with Gasteiger partial charge in [0.25, 0.3) is 0 Å². The first-order valence-electron chi connectivity index (χ1n) is 14.8. The molecule has 0 aromatic heterocycles. The van der Waals surface area contributed by atoms with Crippen LogP contribution in [-0.2, 0) is 19.1 Å². The lowest BCUT2D eigenvalue weighted by Gasteiger charge is -2.12. The van der Waals surface area contributed by atoms with E-state index in [-0.39, 0.29) is 19.6 Å². The molecule has 0 heterocycles. The molecule has 0 rings (SSSR count). The fourth-order valence-electron chi connectivity index (χ4n) is 4.15. The molecule has 0 fully saturated rings. The van der Waals surface area contributed by atoms with Crippen molar-refractivity contribution >= 4 is 11.9 Å². The summed E-state index contributed by atoms with van der Waals surface area (Å²) in [6, 6.07) is -1.45. The first-order valence-corrected chi connectivity index (χ1v) is 14.8. The minimum atomic E-state index is -1.45. The molecule has 0 aromatic rings. The SMILES string of the molecule is CCCCCCCCCCCCCCCCOC(=O)C(N)C(=O)OCCC(F)CCCCCCC. The highest BCUT2D eigenvalue weighted by atomic mass is 19.1. The van der Waals surface area contributed by atoms with Gasteiger partial charge in [-0.2, -0.15) is 0 Å². The van der Waals surface area contributed by atoms with E-state index >= 15 is 0 Å². The summed E-state index contributed by atoms with van der Waals surface area (Å²) < 4.78 is 23.9. The number of carbonyl (C=O) groups excluding carboxylic acids is 2. The van der Waals surface area contributed by atoms with Crippen molar-refractivity contribution < 1.29 is 23.5 Å². The summed E-state index contributed by atoms with van der Waals surface area (Å²) in [5.41, 5.74) is 5.62. The van der Waals surface area contributed by atoms with Crippen molar-refractivity contribution in [3.63, 3.8) is 0 Å². The minimum absolute atomic E-state index is 0.0606. The predicted molar refractivity (Wildman–Crippen MR) is 143 cm³/mol. The molecule has 0 radical (unpaired) electrons. The molecule has 2 unspecified atom stereocenters. The van der Waals surface area contributed by atoms with Crippen molar-refractivity contribution in [1.29, 1.82) is 0 Å². The molecule has 0 aromatic carbocycles. The highest BCUT2D eigenvalue weighted by Gasteiger charge is 2.25. The van der Waals surface area contributed by atoms with Crippen molar-refractivity contribution in [3.05, 3.63) is 0 Å². The Morgan fingerprint density at radius 2 is 0.943 bits per heavy atom. The van der Waals surface area contributed by atoms with Gasteiger partial charge in [0, 0.05) is 6.42 Å². The van der Waals surface area contributed by atoms with Crippen LogP contribution in [0.1, 0.15) is 149 Å². The van der Waals surface area contributed by atoms with Crippen LogP contribution in [0.25, 0.3) is 0 Å². The summed E-state index contributed by atoms with van der Waals surface area (Å²) in [5.74, 6) is -1.61. The van der Waals surface area contributed by atoms with Gasteiger partial charge < -0.3 is 15.2 Å². The van der Waals surface area contributed by atoms with Crippen LogP contribution in [0.15, 0.2) is 0 Å². The van der Waals surface area contributed by atoms with E-state index < -0.39 is 24.2 Å². The van der Waals surface area contributed by atoms with Gasteiger partial charge in [-0.3, -0.25) is 0 Å². The Labute approximate surface area is 215 Å². The molecular weight excluding hydrogens is 445 g/mol. The average Bonchev–Trinajstić information content (AvgIpc) is 2.85. The fourth-order valence-corrected chi connectivity index (χ4v) is 4.15. The van der Waals surface area contributed by atoms with E-state index in [2.05, 4.69) is 13.8 Å². The maximum Gasteiger partial charge on any atom is 0.334 e.